The molecular formula is C28H39NO3. The number of rotatable bonds is 9. The molecule has 0 bridgehead atoms. The van der Waals surface area contributed by atoms with Gasteiger partial charge < -0.3 is 9.84 Å². The third kappa shape index (κ3) is 6.43. The van der Waals surface area contributed by atoms with Gasteiger partial charge in [0.2, 0.25) is 0 Å². The standard InChI is InChI=1S/C28H39NO3/c1-5-6-12-25(27(30)31)29-19-17-24(18-20-29)32-26(21-10-8-7-9-11-21)22-13-15-23(16-14-22)28(2,3)4/h7-11,13-16,24-26H,5-6,12,17-20H2,1-4H3,(H,30,31). The Labute approximate surface area is 193 Å². The Hall–Kier alpha value is -2.17. The topological polar surface area (TPSA) is 49.8 Å². The first-order valence-corrected chi connectivity index (χ1v) is 12.1. The van der Waals surface area contributed by atoms with Gasteiger partial charge in [-0.15, -0.1) is 0 Å². The number of carboxylic acids is 1. The van der Waals surface area contributed by atoms with E-state index in [0.29, 0.717) is 0 Å². The van der Waals surface area contributed by atoms with Gasteiger partial charge in [0.05, 0.1) is 6.10 Å². The number of piperidine rings is 1. The molecule has 0 spiro atoms. The molecule has 2 unspecified atom stereocenters. The monoisotopic (exact) mass is 437 g/mol. The van der Waals surface area contributed by atoms with Crippen molar-refractivity contribution in [3.8, 4) is 0 Å². The molecule has 1 heterocycles. The third-order valence-corrected chi connectivity index (χ3v) is 6.54. The predicted octanol–water partition coefficient (Wildman–Crippen LogP) is 6.20. The molecule has 0 amide bonds. The zero-order chi connectivity index (χ0) is 23.1. The number of hydrogen-bond donors (Lipinski definition) is 1. The van der Waals surface area contributed by atoms with E-state index in [1.54, 1.807) is 0 Å². The lowest BCUT2D eigenvalue weighted by molar-refractivity contribution is -0.145. The van der Waals surface area contributed by atoms with E-state index in [1.165, 1.54) is 5.56 Å². The zero-order valence-electron chi connectivity index (χ0n) is 20.1. The van der Waals surface area contributed by atoms with E-state index >= 15 is 0 Å². The van der Waals surface area contributed by atoms with Crippen molar-refractivity contribution >= 4 is 5.97 Å². The van der Waals surface area contributed by atoms with Crippen molar-refractivity contribution in [1.82, 2.24) is 4.90 Å². The summed E-state index contributed by atoms with van der Waals surface area (Å²) in [6, 6.07) is 18.8. The third-order valence-electron chi connectivity index (χ3n) is 6.54. The number of aliphatic carboxylic acids is 1. The van der Waals surface area contributed by atoms with Gasteiger partial charge >= 0.3 is 5.97 Å². The van der Waals surface area contributed by atoms with Crippen LogP contribution in [0, 0.1) is 0 Å². The Morgan fingerprint density at radius 2 is 1.62 bits per heavy atom. The van der Waals surface area contributed by atoms with Gasteiger partial charge in [0.15, 0.2) is 0 Å². The van der Waals surface area contributed by atoms with E-state index in [9.17, 15) is 9.90 Å². The summed E-state index contributed by atoms with van der Waals surface area (Å²) in [6.45, 7) is 10.3. The maximum absolute atomic E-state index is 11.8. The first-order valence-electron chi connectivity index (χ1n) is 12.1. The maximum atomic E-state index is 11.8. The molecule has 0 aromatic heterocycles. The Morgan fingerprint density at radius 3 is 2.16 bits per heavy atom. The molecule has 174 valence electrons. The van der Waals surface area contributed by atoms with Crippen molar-refractivity contribution in [1.29, 1.82) is 0 Å². The highest BCUT2D eigenvalue weighted by atomic mass is 16.5. The van der Waals surface area contributed by atoms with Crippen LogP contribution in [0.1, 0.15) is 82.6 Å². The molecule has 1 fully saturated rings. The molecule has 3 rings (SSSR count). The van der Waals surface area contributed by atoms with Gasteiger partial charge in [0.1, 0.15) is 12.1 Å². The second-order valence-electron chi connectivity index (χ2n) is 10.0. The van der Waals surface area contributed by atoms with Crippen LogP contribution in [0.3, 0.4) is 0 Å². The van der Waals surface area contributed by atoms with Crippen LogP contribution in [0.5, 0.6) is 0 Å². The first kappa shape index (κ1) is 24.5. The summed E-state index contributed by atoms with van der Waals surface area (Å²) in [5, 5.41) is 9.67. The van der Waals surface area contributed by atoms with Crippen LogP contribution in [0.15, 0.2) is 54.6 Å². The summed E-state index contributed by atoms with van der Waals surface area (Å²) in [6.07, 6.45) is 4.43. The molecule has 1 saturated heterocycles. The van der Waals surface area contributed by atoms with Crippen molar-refractivity contribution in [3.63, 3.8) is 0 Å². The molecule has 2 aromatic rings. The van der Waals surface area contributed by atoms with Crippen LogP contribution in [0.4, 0.5) is 0 Å². The number of unbranched alkanes of at least 4 members (excludes halogenated alkanes) is 1. The van der Waals surface area contributed by atoms with Crippen molar-refractivity contribution in [2.75, 3.05) is 13.1 Å². The van der Waals surface area contributed by atoms with Crippen LogP contribution in [-0.4, -0.2) is 41.2 Å². The van der Waals surface area contributed by atoms with Crippen LogP contribution in [0.2, 0.25) is 0 Å². The van der Waals surface area contributed by atoms with E-state index < -0.39 is 5.97 Å². The van der Waals surface area contributed by atoms with Crippen LogP contribution >= 0.6 is 0 Å². The van der Waals surface area contributed by atoms with Gasteiger partial charge in [0, 0.05) is 13.1 Å². The Kier molecular flexibility index (Phi) is 8.50. The Bertz CT molecular complexity index is 833. The number of likely N-dealkylation sites (tertiary alicyclic amines) is 1. The van der Waals surface area contributed by atoms with E-state index in [-0.39, 0.29) is 23.7 Å². The molecule has 2 aromatic carbocycles. The maximum Gasteiger partial charge on any atom is 0.320 e. The summed E-state index contributed by atoms with van der Waals surface area (Å²) >= 11 is 0. The second kappa shape index (κ2) is 11.1. The van der Waals surface area contributed by atoms with Crippen LogP contribution in [-0.2, 0) is 14.9 Å². The summed E-state index contributed by atoms with van der Waals surface area (Å²) in [5.41, 5.74) is 3.75. The summed E-state index contributed by atoms with van der Waals surface area (Å²) < 4.78 is 6.68. The van der Waals surface area contributed by atoms with Gasteiger partial charge in [-0.3, -0.25) is 9.69 Å². The molecule has 4 heteroatoms. The molecular weight excluding hydrogens is 398 g/mol. The van der Waals surface area contributed by atoms with E-state index in [1.807, 2.05) is 6.07 Å². The van der Waals surface area contributed by atoms with Crippen molar-refractivity contribution in [3.05, 3.63) is 71.3 Å². The summed E-state index contributed by atoms with van der Waals surface area (Å²) in [5.74, 6) is -0.695. The highest BCUT2D eigenvalue weighted by molar-refractivity contribution is 5.73. The Morgan fingerprint density at radius 1 is 1.03 bits per heavy atom. The number of benzene rings is 2. The average Bonchev–Trinajstić information content (AvgIpc) is 2.78. The molecule has 32 heavy (non-hydrogen) atoms. The zero-order valence-corrected chi connectivity index (χ0v) is 20.1. The highest BCUT2D eigenvalue weighted by Gasteiger charge is 2.31. The van der Waals surface area contributed by atoms with Gasteiger partial charge in [-0.05, 0) is 41.4 Å². The lowest BCUT2D eigenvalue weighted by Crippen LogP contribution is -2.47. The fourth-order valence-corrected chi connectivity index (χ4v) is 4.51. The minimum absolute atomic E-state index is 0.114. The van der Waals surface area contributed by atoms with Crippen LogP contribution < -0.4 is 0 Å². The normalized spacial score (nSPS) is 17.8. The average molecular weight is 438 g/mol. The van der Waals surface area contributed by atoms with Crippen molar-refractivity contribution < 1.29 is 14.6 Å². The van der Waals surface area contributed by atoms with E-state index in [2.05, 4.69) is 81.1 Å². The number of carboxylic acid groups (broad SMARTS) is 1. The molecule has 1 N–H and O–H groups in total. The SMILES string of the molecule is CCCCC(C(=O)O)N1CCC(OC(c2ccccc2)c2ccc(C(C)(C)C)cc2)CC1. The quantitative estimate of drug-likeness (QED) is 0.507. The first-order chi connectivity index (χ1) is 15.3. The van der Waals surface area contributed by atoms with Crippen molar-refractivity contribution in [2.24, 2.45) is 0 Å². The Balaban J connectivity index is 1.71. The lowest BCUT2D eigenvalue weighted by atomic mass is 9.86. The molecule has 0 radical (unpaired) electrons. The van der Waals surface area contributed by atoms with E-state index in [4.69, 9.17) is 4.74 Å². The fourth-order valence-electron chi connectivity index (χ4n) is 4.51. The highest BCUT2D eigenvalue weighted by Crippen LogP contribution is 2.32. The molecule has 2 atom stereocenters. The molecule has 4 nitrogen and oxygen atoms in total. The number of hydrogen-bond acceptors (Lipinski definition) is 3. The minimum atomic E-state index is -0.695. The van der Waals surface area contributed by atoms with Crippen molar-refractivity contribution in [2.45, 2.75) is 83.5 Å². The predicted molar refractivity (Wildman–Crippen MR) is 130 cm³/mol. The van der Waals surface area contributed by atoms with Gasteiger partial charge in [-0.25, -0.2) is 0 Å². The van der Waals surface area contributed by atoms with Gasteiger partial charge in [-0.2, -0.15) is 0 Å². The number of nitrogens with zero attached hydrogens (tertiary/aromatic N) is 1. The second-order valence-corrected chi connectivity index (χ2v) is 10.0. The summed E-state index contributed by atoms with van der Waals surface area (Å²) in [7, 11) is 0. The van der Waals surface area contributed by atoms with Crippen LogP contribution in [0.25, 0.3) is 0 Å². The minimum Gasteiger partial charge on any atom is -0.480 e. The molecule has 1 aliphatic heterocycles. The molecule has 0 aliphatic carbocycles. The largest absolute Gasteiger partial charge is 0.480 e. The lowest BCUT2D eigenvalue weighted by Gasteiger charge is -2.37. The molecule has 1 aliphatic rings. The number of carbonyl (C=O) groups is 1. The smallest absolute Gasteiger partial charge is 0.320 e. The summed E-state index contributed by atoms with van der Waals surface area (Å²) in [4.78, 5) is 13.9. The van der Waals surface area contributed by atoms with E-state index in [0.717, 1.165) is 56.3 Å². The van der Waals surface area contributed by atoms with Gasteiger partial charge in [0.25, 0.3) is 0 Å². The number of ether oxygens (including phenoxy) is 1. The van der Waals surface area contributed by atoms with Gasteiger partial charge in [-0.1, -0.05) is 95.1 Å². The fraction of sp³-hybridized carbons (Fsp3) is 0.536. The molecule has 0 saturated carbocycles.